The number of nitrogens with one attached hydrogen (secondary N) is 2. The van der Waals surface area contributed by atoms with E-state index < -0.39 is 0 Å². The first kappa shape index (κ1) is 13.1. The molecule has 2 nitrogen and oxygen atoms in total. The van der Waals surface area contributed by atoms with Gasteiger partial charge in [0.05, 0.1) is 0 Å². The van der Waals surface area contributed by atoms with Gasteiger partial charge < -0.3 is 10.6 Å². The average Bonchev–Trinajstić information content (AvgIpc) is 2.26. The SMILES string of the molecule is C=CCNCCCNc1ccc(Cl)cc1C. The molecule has 0 aromatic heterocycles. The summed E-state index contributed by atoms with van der Waals surface area (Å²) in [4.78, 5) is 0. The fourth-order valence-electron chi connectivity index (χ4n) is 1.47. The Bertz CT molecular complexity index is 337. The van der Waals surface area contributed by atoms with Gasteiger partial charge >= 0.3 is 0 Å². The predicted octanol–water partition coefficient (Wildman–Crippen LogP) is 3.23. The second-order valence-corrected chi connectivity index (χ2v) is 4.17. The highest BCUT2D eigenvalue weighted by Crippen LogP contribution is 2.19. The zero-order chi connectivity index (χ0) is 11.8. The fourth-order valence-corrected chi connectivity index (χ4v) is 1.69. The van der Waals surface area contributed by atoms with E-state index in [-0.39, 0.29) is 0 Å². The minimum atomic E-state index is 0.788. The lowest BCUT2D eigenvalue weighted by Crippen LogP contribution is -2.17. The van der Waals surface area contributed by atoms with Crippen molar-refractivity contribution >= 4 is 17.3 Å². The van der Waals surface area contributed by atoms with Crippen molar-refractivity contribution in [2.45, 2.75) is 13.3 Å². The lowest BCUT2D eigenvalue weighted by atomic mass is 10.2. The maximum absolute atomic E-state index is 5.89. The Labute approximate surface area is 103 Å². The predicted molar refractivity (Wildman–Crippen MR) is 72.4 cm³/mol. The highest BCUT2D eigenvalue weighted by Gasteiger charge is 1.97. The molecule has 0 amide bonds. The van der Waals surface area contributed by atoms with Crippen LogP contribution in [0.3, 0.4) is 0 Å². The lowest BCUT2D eigenvalue weighted by molar-refractivity contribution is 0.711. The van der Waals surface area contributed by atoms with E-state index in [1.807, 2.05) is 24.3 Å². The Kier molecular flexibility index (Phi) is 5.98. The number of anilines is 1. The molecule has 2 N–H and O–H groups in total. The fraction of sp³-hybridized carbons (Fsp3) is 0.385. The summed E-state index contributed by atoms with van der Waals surface area (Å²) in [5, 5.41) is 7.45. The van der Waals surface area contributed by atoms with Crippen LogP contribution in [0.4, 0.5) is 5.69 Å². The van der Waals surface area contributed by atoms with Crippen molar-refractivity contribution in [3.8, 4) is 0 Å². The van der Waals surface area contributed by atoms with E-state index in [1.165, 1.54) is 5.56 Å². The molecular formula is C13H19ClN2. The molecule has 0 aliphatic rings. The molecule has 0 radical (unpaired) electrons. The quantitative estimate of drug-likeness (QED) is 0.563. The molecule has 0 aliphatic carbocycles. The standard InChI is InChI=1S/C13H19ClN2/c1-3-7-15-8-4-9-16-13-6-5-12(14)10-11(13)2/h3,5-6,10,15-16H,1,4,7-9H2,2H3. The van der Waals surface area contributed by atoms with E-state index in [2.05, 4.69) is 24.1 Å². The molecule has 1 aromatic rings. The van der Waals surface area contributed by atoms with Crippen molar-refractivity contribution in [2.24, 2.45) is 0 Å². The van der Waals surface area contributed by atoms with E-state index in [4.69, 9.17) is 11.6 Å². The third kappa shape index (κ3) is 4.69. The van der Waals surface area contributed by atoms with Crippen molar-refractivity contribution < 1.29 is 0 Å². The maximum atomic E-state index is 5.89. The first-order chi connectivity index (χ1) is 7.74. The molecule has 3 heteroatoms. The number of hydrogen-bond donors (Lipinski definition) is 2. The third-order valence-electron chi connectivity index (χ3n) is 2.32. The molecule has 0 fully saturated rings. The Morgan fingerprint density at radius 2 is 2.19 bits per heavy atom. The molecule has 0 saturated heterocycles. The third-order valence-corrected chi connectivity index (χ3v) is 2.56. The van der Waals surface area contributed by atoms with Crippen molar-refractivity contribution in [2.75, 3.05) is 25.0 Å². The second kappa shape index (κ2) is 7.31. The number of hydrogen-bond acceptors (Lipinski definition) is 2. The van der Waals surface area contributed by atoms with Gasteiger partial charge in [-0.05, 0) is 43.7 Å². The van der Waals surface area contributed by atoms with E-state index in [1.54, 1.807) is 0 Å². The van der Waals surface area contributed by atoms with Gasteiger partial charge in [-0.15, -0.1) is 6.58 Å². The molecule has 0 aliphatic heterocycles. The largest absolute Gasteiger partial charge is 0.385 e. The molecular weight excluding hydrogens is 220 g/mol. The van der Waals surface area contributed by atoms with Gasteiger partial charge in [-0.2, -0.15) is 0 Å². The van der Waals surface area contributed by atoms with Crippen LogP contribution < -0.4 is 10.6 Å². The highest BCUT2D eigenvalue weighted by molar-refractivity contribution is 6.30. The van der Waals surface area contributed by atoms with Crippen LogP contribution in [0.25, 0.3) is 0 Å². The molecule has 0 unspecified atom stereocenters. The molecule has 88 valence electrons. The van der Waals surface area contributed by atoms with E-state index in [9.17, 15) is 0 Å². The second-order valence-electron chi connectivity index (χ2n) is 3.73. The van der Waals surface area contributed by atoms with E-state index >= 15 is 0 Å². The van der Waals surface area contributed by atoms with Gasteiger partial charge in [-0.1, -0.05) is 17.7 Å². The number of rotatable bonds is 7. The zero-order valence-electron chi connectivity index (χ0n) is 9.72. The smallest absolute Gasteiger partial charge is 0.0410 e. The van der Waals surface area contributed by atoms with Crippen LogP contribution in [-0.4, -0.2) is 19.6 Å². The Balaban J connectivity index is 2.24. The average molecular weight is 239 g/mol. The van der Waals surface area contributed by atoms with Crippen LogP contribution in [-0.2, 0) is 0 Å². The molecule has 0 atom stereocenters. The van der Waals surface area contributed by atoms with E-state index in [0.717, 1.165) is 36.8 Å². The molecule has 0 saturated carbocycles. The van der Waals surface area contributed by atoms with Gasteiger partial charge in [0, 0.05) is 23.8 Å². The number of benzene rings is 1. The summed E-state index contributed by atoms with van der Waals surface area (Å²) in [5.74, 6) is 0. The Hall–Kier alpha value is -0.990. The van der Waals surface area contributed by atoms with Gasteiger partial charge in [0.1, 0.15) is 0 Å². The highest BCUT2D eigenvalue weighted by atomic mass is 35.5. The van der Waals surface area contributed by atoms with Crippen LogP contribution in [0, 0.1) is 6.92 Å². The minimum Gasteiger partial charge on any atom is -0.385 e. The maximum Gasteiger partial charge on any atom is 0.0410 e. The summed E-state index contributed by atoms with van der Waals surface area (Å²) in [6.07, 6.45) is 2.96. The molecule has 1 aromatic carbocycles. The topological polar surface area (TPSA) is 24.1 Å². The number of halogens is 1. The summed E-state index contributed by atoms with van der Waals surface area (Å²) >= 11 is 5.89. The van der Waals surface area contributed by atoms with Gasteiger partial charge in [-0.25, -0.2) is 0 Å². The molecule has 0 heterocycles. The molecule has 1 rings (SSSR count). The van der Waals surface area contributed by atoms with Crippen LogP contribution in [0.2, 0.25) is 5.02 Å². The van der Waals surface area contributed by atoms with Crippen molar-refractivity contribution in [3.63, 3.8) is 0 Å². The zero-order valence-corrected chi connectivity index (χ0v) is 10.5. The van der Waals surface area contributed by atoms with Crippen LogP contribution in [0.15, 0.2) is 30.9 Å². The van der Waals surface area contributed by atoms with Crippen LogP contribution >= 0.6 is 11.6 Å². The lowest BCUT2D eigenvalue weighted by Gasteiger charge is -2.09. The van der Waals surface area contributed by atoms with Crippen molar-refractivity contribution in [3.05, 3.63) is 41.4 Å². The minimum absolute atomic E-state index is 0.788. The van der Waals surface area contributed by atoms with Gasteiger partial charge in [0.25, 0.3) is 0 Å². The summed E-state index contributed by atoms with van der Waals surface area (Å²) < 4.78 is 0. The number of aryl methyl sites for hydroxylation is 1. The Morgan fingerprint density at radius 1 is 1.38 bits per heavy atom. The molecule has 0 spiro atoms. The Morgan fingerprint density at radius 3 is 2.88 bits per heavy atom. The summed E-state index contributed by atoms with van der Waals surface area (Å²) in [6.45, 7) is 8.56. The molecule has 16 heavy (non-hydrogen) atoms. The summed E-state index contributed by atoms with van der Waals surface area (Å²) in [6, 6.07) is 5.90. The monoisotopic (exact) mass is 238 g/mol. The van der Waals surface area contributed by atoms with E-state index in [0.29, 0.717) is 0 Å². The molecule has 0 bridgehead atoms. The van der Waals surface area contributed by atoms with Crippen LogP contribution in [0.5, 0.6) is 0 Å². The normalized spacial score (nSPS) is 10.1. The summed E-state index contributed by atoms with van der Waals surface area (Å²) in [7, 11) is 0. The van der Waals surface area contributed by atoms with Crippen molar-refractivity contribution in [1.29, 1.82) is 0 Å². The van der Waals surface area contributed by atoms with Gasteiger partial charge in [-0.3, -0.25) is 0 Å². The summed E-state index contributed by atoms with van der Waals surface area (Å²) in [5.41, 5.74) is 2.35. The van der Waals surface area contributed by atoms with Gasteiger partial charge in [0.15, 0.2) is 0 Å². The van der Waals surface area contributed by atoms with Crippen LogP contribution in [0.1, 0.15) is 12.0 Å². The van der Waals surface area contributed by atoms with Gasteiger partial charge in [0.2, 0.25) is 0 Å². The first-order valence-electron chi connectivity index (χ1n) is 5.55. The first-order valence-corrected chi connectivity index (χ1v) is 5.93. The van der Waals surface area contributed by atoms with Crippen molar-refractivity contribution in [1.82, 2.24) is 5.32 Å².